The Balaban J connectivity index is 0.00000112. The lowest BCUT2D eigenvalue weighted by Gasteiger charge is -1.98. The molecule has 0 atom stereocenters. The van der Waals surface area contributed by atoms with Crippen LogP contribution in [0.5, 0.6) is 0 Å². The Morgan fingerprint density at radius 2 is 2.06 bits per heavy atom. The molecule has 2 rings (SSSR count). The van der Waals surface area contributed by atoms with Gasteiger partial charge in [-0.3, -0.25) is 4.98 Å². The van der Waals surface area contributed by atoms with E-state index in [1.165, 1.54) is 0 Å². The van der Waals surface area contributed by atoms with Gasteiger partial charge in [-0.05, 0) is 17.7 Å². The molecule has 0 saturated carbocycles. The molecule has 2 N–H and O–H groups in total. The first kappa shape index (κ1) is 14.7. The summed E-state index contributed by atoms with van der Waals surface area (Å²) in [6.07, 6.45) is 5.18. The van der Waals surface area contributed by atoms with Crippen molar-refractivity contribution >= 4 is 37.0 Å². The maximum Gasteiger partial charge on any atom is 0.212 e. The molecule has 16 heavy (non-hydrogen) atoms. The van der Waals surface area contributed by atoms with Gasteiger partial charge in [0.15, 0.2) is 0 Å². The zero-order valence-electron chi connectivity index (χ0n) is 8.46. The van der Waals surface area contributed by atoms with Gasteiger partial charge in [0.25, 0.3) is 0 Å². The molecular formula is C9H13Cl2N5. The van der Waals surface area contributed by atoms with Gasteiger partial charge in [0.05, 0.1) is 12.8 Å². The summed E-state index contributed by atoms with van der Waals surface area (Å²) in [6.45, 7) is 1.69. The number of hydrogen-bond donors (Lipinski definition) is 2. The second-order valence-corrected chi connectivity index (χ2v) is 2.81. The number of aliphatic imine (C=N–C) groups is 1. The fraction of sp³-hybridized carbons (Fsp3) is 0.222. The third-order valence-corrected chi connectivity index (χ3v) is 1.76. The van der Waals surface area contributed by atoms with E-state index < -0.39 is 0 Å². The van der Waals surface area contributed by atoms with Crippen LogP contribution in [0.4, 0.5) is 0 Å². The first-order valence-electron chi connectivity index (χ1n) is 4.42. The third kappa shape index (κ3) is 4.46. The summed E-state index contributed by atoms with van der Waals surface area (Å²) in [5.41, 5.74) is 3.82. The highest BCUT2D eigenvalue weighted by Gasteiger charge is 2.00. The molecule has 0 aliphatic carbocycles. The molecule has 0 fully saturated rings. The van der Waals surface area contributed by atoms with E-state index in [9.17, 15) is 0 Å². The fourth-order valence-electron chi connectivity index (χ4n) is 1.09. The van der Waals surface area contributed by atoms with E-state index in [1.54, 1.807) is 18.6 Å². The van der Waals surface area contributed by atoms with Gasteiger partial charge in [0.1, 0.15) is 0 Å². The van der Waals surface area contributed by atoms with E-state index in [0.29, 0.717) is 0 Å². The summed E-state index contributed by atoms with van der Waals surface area (Å²) in [5, 5.41) is 7.08. The van der Waals surface area contributed by atoms with Crippen molar-refractivity contribution in [2.24, 2.45) is 10.1 Å². The first-order valence-corrected chi connectivity index (χ1v) is 4.42. The Labute approximate surface area is 106 Å². The lowest BCUT2D eigenvalue weighted by molar-refractivity contribution is 0.920. The first-order chi connectivity index (χ1) is 6.95. The Morgan fingerprint density at radius 3 is 2.69 bits per heavy atom. The van der Waals surface area contributed by atoms with Crippen LogP contribution in [0.15, 0.2) is 34.6 Å². The number of rotatable bonds is 2. The van der Waals surface area contributed by atoms with Gasteiger partial charge >= 0.3 is 0 Å². The van der Waals surface area contributed by atoms with Gasteiger partial charge in [0, 0.05) is 18.9 Å². The van der Waals surface area contributed by atoms with E-state index >= 15 is 0 Å². The largest absolute Gasteiger partial charge is 0.353 e. The minimum atomic E-state index is 0. The minimum Gasteiger partial charge on any atom is -0.353 e. The zero-order chi connectivity index (χ0) is 9.64. The Bertz CT molecular complexity index is 352. The van der Waals surface area contributed by atoms with E-state index in [1.807, 2.05) is 12.1 Å². The molecule has 0 spiro atoms. The Kier molecular flexibility index (Phi) is 7.24. The van der Waals surface area contributed by atoms with Crippen molar-refractivity contribution in [3.63, 3.8) is 0 Å². The van der Waals surface area contributed by atoms with Crippen LogP contribution in [0.25, 0.3) is 0 Å². The molecule has 88 valence electrons. The molecule has 1 aromatic heterocycles. The molecule has 0 unspecified atom stereocenters. The number of hydrogen-bond acceptors (Lipinski definition) is 5. The van der Waals surface area contributed by atoms with Crippen molar-refractivity contribution in [2.75, 3.05) is 13.1 Å². The summed E-state index contributed by atoms with van der Waals surface area (Å²) >= 11 is 0. The van der Waals surface area contributed by atoms with Crippen LogP contribution >= 0.6 is 24.8 Å². The number of guanidine groups is 1. The number of hydrazone groups is 1. The quantitative estimate of drug-likeness (QED) is 0.612. The lowest BCUT2D eigenvalue weighted by Crippen LogP contribution is -2.30. The lowest BCUT2D eigenvalue weighted by atomic mass is 10.3. The predicted octanol–water partition coefficient (Wildman–Crippen LogP) is 0.808. The molecule has 0 amide bonds. The molecule has 2 heterocycles. The smallest absolute Gasteiger partial charge is 0.212 e. The highest BCUT2D eigenvalue weighted by atomic mass is 35.5. The normalized spacial score (nSPS) is 13.4. The molecular weight excluding hydrogens is 249 g/mol. The van der Waals surface area contributed by atoms with Gasteiger partial charge in [-0.1, -0.05) is 0 Å². The summed E-state index contributed by atoms with van der Waals surface area (Å²) in [6, 6.07) is 3.77. The number of nitrogens with one attached hydrogen (secondary N) is 2. The highest BCUT2D eigenvalue weighted by Crippen LogP contribution is 1.90. The predicted molar refractivity (Wildman–Crippen MR) is 69.8 cm³/mol. The Hall–Kier alpha value is -1.33. The molecule has 1 aliphatic rings. The van der Waals surface area contributed by atoms with Crippen molar-refractivity contribution in [3.05, 3.63) is 30.1 Å². The van der Waals surface area contributed by atoms with Crippen LogP contribution in [-0.4, -0.2) is 30.2 Å². The Morgan fingerprint density at radius 1 is 1.31 bits per heavy atom. The third-order valence-electron chi connectivity index (χ3n) is 1.76. The summed E-state index contributed by atoms with van der Waals surface area (Å²) in [5.74, 6) is 0.732. The number of pyridine rings is 1. The summed E-state index contributed by atoms with van der Waals surface area (Å²) < 4.78 is 0. The van der Waals surface area contributed by atoms with Crippen molar-refractivity contribution in [1.29, 1.82) is 0 Å². The van der Waals surface area contributed by atoms with Crippen LogP contribution in [0.3, 0.4) is 0 Å². The van der Waals surface area contributed by atoms with E-state index in [4.69, 9.17) is 0 Å². The minimum absolute atomic E-state index is 0. The van der Waals surface area contributed by atoms with Crippen LogP contribution in [-0.2, 0) is 0 Å². The van der Waals surface area contributed by atoms with Gasteiger partial charge in [-0.25, -0.2) is 10.4 Å². The summed E-state index contributed by atoms with van der Waals surface area (Å²) in [7, 11) is 0. The molecule has 0 saturated heterocycles. The second-order valence-electron chi connectivity index (χ2n) is 2.81. The van der Waals surface area contributed by atoms with E-state index in [0.717, 1.165) is 24.6 Å². The van der Waals surface area contributed by atoms with Crippen LogP contribution in [0, 0.1) is 0 Å². The number of nitrogens with zero attached hydrogens (tertiary/aromatic N) is 3. The van der Waals surface area contributed by atoms with Crippen molar-refractivity contribution in [1.82, 2.24) is 15.7 Å². The molecule has 7 heteroatoms. The van der Waals surface area contributed by atoms with Gasteiger partial charge in [0.2, 0.25) is 5.96 Å². The topological polar surface area (TPSA) is 61.7 Å². The number of aromatic nitrogens is 1. The van der Waals surface area contributed by atoms with Crippen molar-refractivity contribution in [3.8, 4) is 0 Å². The van der Waals surface area contributed by atoms with E-state index in [-0.39, 0.29) is 24.8 Å². The monoisotopic (exact) mass is 261 g/mol. The van der Waals surface area contributed by atoms with E-state index in [2.05, 4.69) is 25.8 Å². The van der Waals surface area contributed by atoms with Crippen LogP contribution in [0.1, 0.15) is 5.56 Å². The van der Waals surface area contributed by atoms with Crippen LogP contribution < -0.4 is 10.7 Å². The molecule has 1 aromatic rings. The molecule has 0 bridgehead atoms. The molecule has 0 radical (unpaired) electrons. The van der Waals surface area contributed by atoms with Gasteiger partial charge in [-0.15, -0.1) is 24.8 Å². The van der Waals surface area contributed by atoms with Crippen LogP contribution in [0.2, 0.25) is 0 Å². The molecule has 5 nitrogen and oxygen atoms in total. The fourth-order valence-corrected chi connectivity index (χ4v) is 1.09. The molecule has 1 aliphatic heterocycles. The average Bonchev–Trinajstić information content (AvgIpc) is 2.72. The standard InChI is InChI=1S/C9H11N5.2ClH/c1-3-10-4-2-8(1)7-13-14-9-11-5-6-12-9;;/h1-4,7H,5-6H2,(H2,11,12,14);2*1H/b13-7+;;. The van der Waals surface area contributed by atoms with Crippen molar-refractivity contribution < 1.29 is 0 Å². The average molecular weight is 262 g/mol. The second kappa shape index (κ2) is 7.90. The molecule has 0 aromatic carbocycles. The summed E-state index contributed by atoms with van der Waals surface area (Å²) in [4.78, 5) is 8.05. The number of halogens is 2. The zero-order valence-corrected chi connectivity index (χ0v) is 10.1. The van der Waals surface area contributed by atoms with Gasteiger partial charge < -0.3 is 5.32 Å². The SMILES string of the molecule is C(=N\NC1=NCCN1)/c1ccncc1.Cl.Cl. The van der Waals surface area contributed by atoms with Gasteiger partial charge in [-0.2, -0.15) is 5.10 Å². The maximum atomic E-state index is 4.14. The highest BCUT2D eigenvalue weighted by molar-refractivity contribution is 5.85. The van der Waals surface area contributed by atoms with Crippen molar-refractivity contribution in [2.45, 2.75) is 0 Å². The maximum absolute atomic E-state index is 4.14.